The Bertz CT molecular complexity index is 304. The minimum Gasteiger partial charge on any atom is -0.225 e. The summed E-state index contributed by atoms with van der Waals surface area (Å²) in [6, 6.07) is 9.31. The number of hydrogen-bond acceptors (Lipinski definition) is 2. The van der Waals surface area contributed by atoms with Crippen LogP contribution in [0.4, 0.5) is 0 Å². The zero-order valence-electron chi connectivity index (χ0n) is 5.03. The molecule has 52 valence electrons. The predicted octanol–water partition coefficient (Wildman–Crippen LogP) is -0.0656. The smallest absolute Gasteiger partial charge is 0.225 e. The fourth-order valence-electron chi connectivity index (χ4n) is 0.504. The maximum atomic E-state index is 10.6. The highest BCUT2D eigenvalue weighted by atomic mass is 32.2. The third-order valence-electron chi connectivity index (χ3n) is 0.929. The summed E-state index contributed by atoms with van der Waals surface area (Å²) in [4.78, 5) is -0.0324. The summed E-state index contributed by atoms with van der Waals surface area (Å²) < 4.78 is 21.1. The van der Waals surface area contributed by atoms with Crippen LogP contribution in [0.15, 0.2) is 23.1 Å². The number of primary sulfonamides is 1. The second-order valence-electron chi connectivity index (χ2n) is 1.70. The molecule has 0 saturated heterocycles. The van der Waals surface area contributed by atoms with E-state index in [2.05, 4.69) is 12.1 Å². The van der Waals surface area contributed by atoms with Crippen LogP contribution in [0.3, 0.4) is 0 Å². The molecule has 1 rings (SSSR count). The lowest BCUT2D eigenvalue weighted by molar-refractivity contribution is 0.597. The molecule has 4 heteroatoms. The molecule has 0 saturated carbocycles. The molecular formula is C6H5NO2S. The highest BCUT2D eigenvalue weighted by Gasteiger charge is 2.04. The lowest BCUT2D eigenvalue weighted by atomic mass is 10.4. The fraction of sp³-hybridized carbons (Fsp3) is 0. The Morgan fingerprint density at radius 3 is 2.50 bits per heavy atom. The first-order valence-corrected chi connectivity index (χ1v) is 4.06. The minimum atomic E-state index is -3.59. The van der Waals surface area contributed by atoms with E-state index in [9.17, 15) is 8.42 Å². The van der Waals surface area contributed by atoms with Crippen LogP contribution in [-0.2, 0) is 10.0 Å². The lowest BCUT2D eigenvalue weighted by Crippen LogP contribution is -2.11. The fourth-order valence-corrected chi connectivity index (χ4v) is 0.973. The normalized spacial score (nSPS) is 11.3. The van der Waals surface area contributed by atoms with E-state index in [4.69, 9.17) is 5.14 Å². The van der Waals surface area contributed by atoms with E-state index < -0.39 is 10.0 Å². The predicted molar refractivity (Wildman–Crippen MR) is 35.5 cm³/mol. The lowest BCUT2D eigenvalue weighted by Gasteiger charge is -1.92. The van der Waals surface area contributed by atoms with Crippen LogP contribution in [0, 0.1) is 12.1 Å². The largest absolute Gasteiger partial charge is 0.238 e. The van der Waals surface area contributed by atoms with Gasteiger partial charge in [0.1, 0.15) is 0 Å². The molecule has 0 unspecified atom stereocenters. The van der Waals surface area contributed by atoms with Gasteiger partial charge in [-0.1, -0.05) is 12.1 Å². The molecule has 3 nitrogen and oxygen atoms in total. The van der Waals surface area contributed by atoms with Gasteiger partial charge in [-0.25, -0.2) is 13.6 Å². The molecule has 0 heterocycles. The van der Waals surface area contributed by atoms with Crippen molar-refractivity contribution in [3.8, 4) is 0 Å². The molecule has 2 radical (unpaired) electrons. The molecule has 1 aromatic carbocycles. The zero-order valence-corrected chi connectivity index (χ0v) is 5.85. The highest BCUT2D eigenvalue weighted by Crippen LogP contribution is 2.01. The number of nitrogens with two attached hydrogens (primary N) is 1. The number of rotatable bonds is 1. The van der Waals surface area contributed by atoms with Gasteiger partial charge in [0.2, 0.25) is 10.0 Å². The summed E-state index contributed by atoms with van der Waals surface area (Å²) >= 11 is 0. The minimum absolute atomic E-state index is 0.0324. The SMILES string of the molecule is NS(=O)(=O)c1[c][c]ccc1. The van der Waals surface area contributed by atoms with Gasteiger partial charge in [-0.05, 0) is 12.1 Å². The molecule has 0 aliphatic heterocycles. The molecule has 0 aliphatic rings. The first-order chi connectivity index (χ1) is 4.61. The van der Waals surface area contributed by atoms with Crippen molar-refractivity contribution in [1.82, 2.24) is 0 Å². The maximum Gasteiger partial charge on any atom is 0.238 e. The van der Waals surface area contributed by atoms with Crippen molar-refractivity contribution in [3.63, 3.8) is 0 Å². The van der Waals surface area contributed by atoms with Crippen LogP contribution >= 0.6 is 0 Å². The Morgan fingerprint density at radius 1 is 1.50 bits per heavy atom. The van der Waals surface area contributed by atoms with Crippen molar-refractivity contribution >= 4 is 10.0 Å². The van der Waals surface area contributed by atoms with E-state index >= 15 is 0 Å². The van der Waals surface area contributed by atoms with E-state index in [0.717, 1.165) is 0 Å². The Kier molecular flexibility index (Phi) is 1.74. The van der Waals surface area contributed by atoms with Gasteiger partial charge in [-0.3, -0.25) is 0 Å². The third-order valence-corrected chi connectivity index (χ3v) is 1.78. The molecule has 0 amide bonds. The van der Waals surface area contributed by atoms with Crippen LogP contribution in [0.2, 0.25) is 0 Å². The van der Waals surface area contributed by atoms with Crippen LogP contribution in [0.1, 0.15) is 0 Å². The Labute approximate surface area is 59.5 Å². The second-order valence-corrected chi connectivity index (χ2v) is 3.23. The third kappa shape index (κ3) is 1.55. The summed E-state index contributed by atoms with van der Waals surface area (Å²) in [7, 11) is -3.59. The molecule has 0 bridgehead atoms. The number of sulfonamides is 1. The van der Waals surface area contributed by atoms with Crippen LogP contribution in [-0.4, -0.2) is 8.42 Å². The molecule has 2 N–H and O–H groups in total. The van der Waals surface area contributed by atoms with Crippen LogP contribution in [0.25, 0.3) is 0 Å². The average molecular weight is 155 g/mol. The van der Waals surface area contributed by atoms with E-state index in [1.807, 2.05) is 0 Å². The summed E-state index contributed by atoms with van der Waals surface area (Å²) in [5, 5.41) is 4.78. The second kappa shape index (κ2) is 2.40. The Morgan fingerprint density at radius 2 is 2.20 bits per heavy atom. The van der Waals surface area contributed by atoms with Crippen molar-refractivity contribution in [1.29, 1.82) is 0 Å². The van der Waals surface area contributed by atoms with Crippen molar-refractivity contribution in [2.24, 2.45) is 5.14 Å². The van der Waals surface area contributed by atoms with E-state index in [1.165, 1.54) is 12.1 Å². The summed E-state index contributed by atoms with van der Waals surface area (Å²) in [5.74, 6) is 0. The molecule has 0 aromatic heterocycles. The van der Waals surface area contributed by atoms with Gasteiger partial charge in [0.05, 0.1) is 4.90 Å². The number of hydrogen-bond donors (Lipinski definition) is 1. The Balaban J connectivity index is 3.22. The van der Waals surface area contributed by atoms with Crippen molar-refractivity contribution in [2.75, 3.05) is 0 Å². The van der Waals surface area contributed by atoms with Gasteiger partial charge >= 0.3 is 0 Å². The van der Waals surface area contributed by atoms with Crippen LogP contribution < -0.4 is 5.14 Å². The first-order valence-electron chi connectivity index (χ1n) is 2.52. The summed E-state index contributed by atoms with van der Waals surface area (Å²) in [6.07, 6.45) is 0. The van der Waals surface area contributed by atoms with Gasteiger partial charge in [-0.15, -0.1) is 0 Å². The molecule has 0 atom stereocenters. The molecule has 0 aliphatic carbocycles. The summed E-state index contributed by atoms with van der Waals surface area (Å²) in [5.41, 5.74) is 0. The van der Waals surface area contributed by atoms with E-state index in [1.54, 1.807) is 6.07 Å². The molecule has 0 spiro atoms. The van der Waals surface area contributed by atoms with E-state index in [0.29, 0.717) is 0 Å². The van der Waals surface area contributed by atoms with Crippen LogP contribution in [0.5, 0.6) is 0 Å². The average Bonchev–Trinajstić information content (AvgIpc) is 1.88. The van der Waals surface area contributed by atoms with Crippen molar-refractivity contribution < 1.29 is 8.42 Å². The van der Waals surface area contributed by atoms with Gasteiger partial charge in [0.15, 0.2) is 0 Å². The van der Waals surface area contributed by atoms with Gasteiger partial charge in [-0.2, -0.15) is 0 Å². The molecule has 0 fully saturated rings. The quantitative estimate of drug-likeness (QED) is 0.617. The van der Waals surface area contributed by atoms with Crippen molar-refractivity contribution in [2.45, 2.75) is 4.90 Å². The monoisotopic (exact) mass is 155 g/mol. The topological polar surface area (TPSA) is 60.2 Å². The standard InChI is InChI=1S/C6H5NO2S/c7-10(8,9)6-4-2-1-3-5-6/h1-2,4H,(H2,7,8,9). The molecular weight excluding hydrogens is 150 g/mol. The molecule has 10 heavy (non-hydrogen) atoms. The highest BCUT2D eigenvalue weighted by molar-refractivity contribution is 7.89. The Hall–Kier alpha value is -0.870. The van der Waals surface area contributed by atoms with Gasteiger partial charge < -0.3 is 0 Å². The van der Waals surface area contributed by atoms with Gasteiger partial charge in [0, 0.05) is 6.07 Å². The first kappa shape index (κ1) is 7.24. The summed E-state index contributed by atoms with van der Waals surface area (Å²) in [6.45, 7) is 0. The molecule has 1 aromatic rings. The zero-order chi connectivity index (χ0) is 7.61. The van der Waals surface area contributed by atoms with Crippen molar-refractivity contribution in [3.05, 3.63) is 30.3 Å². The van der Waals surface area contributed by atoms with Gasteiger partial charge in [0.25, 0.3) is 0 Å². The number of benzene rings is 1. The maximum absolute atomic E-state index is 10.6. The van der Waals surface area contributed by atoms with E-state index in [-0.39, 0.29) is 4.90 Å².